The second-order valence-electron chi connectivity index (χ2n) is 5.48. The first-order valence-electron chi connectivity index (χ1n) is 7.39. The summed E-state index contributed by atoms with van der Waals surface area (Å²) in [6.45, 7) is 0.520. The van der Waals surface area contributed by atoms with Crippen molar-refractivity contribution in [1.82, 2.24) is 5.32 Å². The van der Waals surface area contributed by atoms with E-state index in [1.165, 1.54) is 6.07 Å². The molecule has 0 aliphatic heterocycles. The molecule has 1 fully saturated rings. The predicted octanol–water partition coefficient (Wildman–Crippen LogP) is 2.68. The second-order valence-corrected chi connectivity index (χ2v) is 6.59. The number of thioether (sulfide) groups is 1. The fourth-order valence-corrected chi connectivity index (χ4v) is 3.48. The Labute approximate surface area is 133 Å². The maximum atomic E-state index is 13.4. The van der Waals surface area contributed by atoms with Crippen LogP contribution in [0.1, 0.15) is 24.8 Å². The Morgan fingerprint density at radius 2 is 2.00 bits per heavy atom. The van der Waals surface area contributed by atoms with Crippen LogP contribution >= 0.6 is 11.8 Å². The fraction of sp³-hybridized carbons (Fsp3) is 0.500. The maximum Gasteiger partial charge on any atom is 0.306 e. The van der Waals surface area contributed by atoms with E-state index in [0.717, 1.165) is 0 Å². The SMILES string of the molecule is O=C(O)[C@@H]1CC[C@H](C(=O)NCCSCc2ccccc2F)C1. The average Bonchev–Trinajstić information content (AvgIpc) is 2.98. The highest BCUT2D eigenvalue weighted by atomic mass is 32.2. The molecule has 1 saturated carbocycles. The van der Waals surface area contributed by atoms with Gasteiger partial charge >= 0.3 is 5.97 Å². The molecule has 2 atom stereocenters. The summed E-state index contributed by atoms with van der Waals surface area (Å²) in [4.78, 5) is 22.8. The molecule has 1 aliphatic carbocycles. The van der Waals surface area contributed by atoms with Gasteiger partial charge in [-0.05, 0) is 30.9 Å². The largest absolute Gasteiger partial charge is 0.481 e. The molecule has 22 heavy (non-hydrogen) atoms. The van der Waals surface area contributed by atoms with Crippen LogP contribution in [0, 0.1) is 17.7 Å². The van der Waals surface area contributed by atoms with Gasteiger partial charge in [0.05, 0.1) is 5.92 Å². The first kappa shape index (κ1) is 16.8. The van der Waals surface area contributed by atoms with Gasteiger partial charge in [-0.1, -0.05) is 18.2 Å². The van der Waals surface area contributed by atoms with Gasteiger partial charge in [0.1, 0.15) is 5.82 Å². The van der Waals surface area contributed by atoms with E-state index in [0.29, 0.717) is 42.9 Å². The summed E-state index contributed by atoms with van der Waals surface area (Å²) < 4.78 is 13.4. The monoisotopic (exact) mass is 325 g/mol. The molecule has 2 rings (SSSR count). The van der Waals surface area contributed by atoms with Crippen LogP contribution in [-0.2, 0) is 15.3 Å². The molecule has 2 N–H and O–H groups in total. The van der Waals surface area contributed by atoms with Crippen molar-refractivity contribution in [2.24, 2.45) is 11.8 Å². The van der Waals surface area contributed by atoms with Crippen LogP contribution in [0.15, 0.2) is 24.3 Å². The molecule has 0 spiro atoms. The lowest BCUT2D eigenvalue weighted by Gasteiger charge is -2.10. The number of carboxylic acid groups (broad SMARTS) is 1. The number of carbonyl (C=O) groups excluding carboxylic acids is 1. The van der Waals surface area contributed by atoms with Gasteiger partial charge in [-0.15, -0.1) is 0 Å². The van der Waals surface area contributed by atoms with Crippen molar-refractivity contribution in [3.05, 3.63) is 35.6 Å². The molecule has 0 aromatic heterocycles. The van der Waals surface area contributed by atoms with Crippen LogP contribution in [0.3, 0.4) is 0 Å². The molecule has 1 aromatic rings. The lowest BCUT2D eigenvalue weighted by atomic mass is 10.0. The minimum atomic E-state index is -0.809. The summed E-state index contributed by atoms with van der Waals surface area (Å²) in [6.07, 6.45) is 1.66. The lowest BCUT2D eigenvalue weighted by Crippen LogP contribution is -2.31. The van der Waals surface area contributed by atoms with Crippen LogP contribution in [0.4, 0.5) is 4.39 Å². The third kappa shape index (κ3) is 4.73. The molecular weight excluding hydrogens is 305 g/mol. The molecule has 1 aliphatic rings. The van der Waals surface area contributed by atoms with Gasteiger partial charge in [0, 0.05) is 24.0 Å². The Hall–Kier alpha value is -1.56. The van der Waals surface area contributed by atoms with E-state index in [1.54, 1.807) is 30.0 Å². The van der Waals surface area contributed by atoms with Gasteiger partial charge < -0.3 is 10.4 Å². The van der Waals surface area contributed by atoms with Gasteiger partial charge in [0.2, 0.25) is 5.91 Å². The Morgan fingerprint density at radius 3 is 2.68 bits per heavy atom. The van der Waals surface area contributed by atoms with Crippen molar-refractivity contribution < 1.29 is 19.1 Å². The van der Waals surface area contributed by atoms with Crippen molar-refractivity contribution in [1.29, 1.82) is 0 Å². The zero-order valence-electron chi connectivity index (χ0n) is 12.3. The van der Waals surface area contributed by atoms with Crippen molar-refractivity contribution in [3.8, 4) is 0 Å². The number of amides is 1. The molecule has 0 bridgehead atoms. The van der Waals surface area contributed by atoms with E-state index in [2.05, 4.69) is 5.32 Å². The predicted molar refractivity (Wildman–Crippen MR) is 84.0 cm³/mol. The minimum Gasteiger partial charge on any atom is -0.481 e. The van der Waals surface area contributed by atoms with Gasteiger partial charge in [-0.2, -0.15) is 11.8 Å². The first-order chi connectivity index (χ1) is 10.6. The van der Waals surface area contributed by atoms with Crippen LogP contribution in [0.5, 0.6) is 0 Å². The topological polar surface area (TPSA) is 66.4 Å². The van der Waals surface area contributed by atoms with E-state index < -0.39 is 5.97 Å². The maximum absolute atomic E-state index is 13.4. The Kier molecular flexibility index (Phi) is 6.24. The van der Waals surface area contributed by atoms with Gasteiger partial charge in [0.15, 0.2) is 0 Å². The Morgan fingerprint density at radius 1 is 1.27 bits per heavy atom. The van der Waals surface area contributed by atoms with Crippen LogP contribution in [-0.4, -0.2) is 29.3 Å². The summed E-state index contributed by atoms with van der Waals surface area (Å²) in [6, 6.07) is 6.66. The number of hydrogen-bond donors (Lipinski definition) is 2. The molecular formula is C16H20FNO3S. The van der Waals surface area contributed by atoms with Crippen LogP contribution in [0.25, 0.3) is 0 Å². The average molecular weight is 325 g/mol. The lowest BCUT2D eigenvalue weighted by molar-refractivity contribution is -0.141. The number of halogens is 1. The summed E-state index contributed by atoms with van der Waals surface area (Å²) in [5.74, 6) is -0.359. The van der Waals surface area contributed by atoms with Crippen LogP contribution in [0.2, 0.25) is 0 Å². The Bertz CT molecular complexity index is 538. The molecule has 0 heterocycles. The molecule has 0 radical (unpaired) electrons. The number of benzene rings is 1. The highest BCUT2D eigenvalue weighted by Crippen LogP contribution is 2.31. The molecule has 120 valence electrons. The standard InChI is InChI=1S/C16H20FNO3S/c17-14-4-2-1-3-13(14)10-22-8-7-18-15(19)11-5-6-12(9-11)16(20)21/h1-4,11-12H,5-10H2,(H,18,19)(H,20,21)/t11-,12+/m0/s1. The number of hydrogen-bond acceptors (Lipinski definition) is 3. The van der Waals surface area contributed by atoms with E-state index >= 15 is 0 Å². The highest BCUT2D eigenvalue weighted by molar-refractivity contribution is 7.98. The normalized spacial score (nSPS) is 20.8. The molecule has 1 amide bonds. The highest BCUT2D eigenvalue weighted by Gasteiger charge is 2.33. The summed E-state index contributed by atoms with van der Waals surface area (Å²) in [5.41, 5.74) is 0.666. The van der Waals surface area contributed by atoms with Crippen molar-refractivity contribution in [3.63, 3.8) is 0 Å². The van der Waals surface area contributed by atoms with Crippen molar-refractivity contribution in [2.45, 2.75) is 25.0 Å². The number of nitrogens with one attached hydrogen (secondary N) is 1. The number of aliphatic carboxylic acids is 1. The second kappa shape index (κ2) is 8.17. The quantitative estimate of drug-likeness (QED) is 0.757. The van der Waals surface area contributed by atoms with Gasteiger partial charge in [-0.3, -0.25) is 9.59 Å². The molecule has 6 heteroatoms. The minimum absolute atomic E-state index is 0.0600. The first-order valence-corrected chi connectivity index (χ1v) is 8.55. The fourth-order valence-electron chi connectivity index (χ4n) is 2.63. The zero-order chi connectivity index (χ0) is 15.9. The zero-order valence-corrected chi connectivity index (χ0v) is 13.1. The molecule has 4 nitrogen and oxygen atoms in total. The van der Waals surface area contributed by atoms with Crippen molar-refractivity contribution >= 4 is 23.6 Å². The molecule has 1 aromatic carbocycles. The Balaban J connectivity index is 1.62. The van der Waals surface area contributed by atoms with E-state index in [1.807, 2.05) is 0 Å². The van der Waals surface area contributed by atoms with Crippen LogP contribution < -0.4 is 5.32 Å². The van der Waals surface area contributed by atoms with E-state index in [-0.39, 0.29) is 23.6 Å². The van der Waals surface area contributed by atoms with Crippen molar-refractivity contribution in [2.75, 3.05) is 12.3 Å². The summed E-state index contributed by atoms with van der Waals surface area (Å²) >= 11 is 1.56. The smallest absolute Gasteiger partial charge is 0.306 e. The van der Waals surface area contributed by atoms with Gasteiger partial charge in [0.25, 0.3) is 0 Å². The van der Waals surface area contributed by atoms with E-state index in [9.17, 15) is 14.0 Å². The van der Waals surface area contributed by atoms with Gasteiger partial charge in [-0.25, -0.2) is 4.39 Å². The molecule has 0 saturated heterocycles. The summed E-state index contributed by atoms with van der Waals surface area (Å²) in [5, 5.41) is 11.8. The number of rotatable bonds is 7. The van der Waals surface area contributed by atoms with E-state index in [4.69, 9.17) is 5.11 Å². The third-order valence-corrected chi connectivity index (χ3v) is 4.92. The summed E-state index contributed by atoms with van der Waals surface area (Å²) in [7, 11) is 0. The molecule has 0 unspecified atom stereocenters. The number of carboxylic acids is 1. The third-order valence-electron chi connectivity index (χ3n) is 3.91. The number of carbonyl (C=O) groups is 2.